The summed E-state index contributed by atoms with van der Waals surface area (Å²) in [6, 6.07) is 6.10. The Labute approximate surface area is 136 Å². The molecule has 0 atom stereocenters. The van der Waals surface area contributed by atoms with Gasteiger partial charge in [-0.2, -0.15) is 0 Å². The van der Waals surface area contributed by atoms with Crippen LogP contribution in [0.5, 0.6) is 0 Å². The maximum Gasteiger partial charge on any atom is 0.338 e. The molecule has 1 aromatic rings. The normalized spacial score (nSPS) is 10.7. The van der Waals surface area contributed by atoms with E-state index in [2.05, 4.69) is 19.9 Å². The second-order valence-electron chi connectivity index (χ2n) is 6.06. The summed E-state index contributed by atoms with van der Waals surface area (Å²) in [4.78, 5) is 12.0. The van der Waals surface area contributed by atoms with Crippen LogP contribution in [0, 0.1) is 0 Å². The fourth-order valence-corrected chi connectivity index (χ4v) is 2.94. The molecular weight excluding hydrogens is 272 g/mol. The van der Waals surface area contributed by atoms with E-state index in [9.17, 15) is 4.79 Å². The zero-order valence-electron chi connectivity index (χ0n) is 14.6. The average molecular weight is 304 g/mol. The van der Waals surface area contributed by atoms with E-state index in [1.54, 1.807) is 0 Å². The van der Waals surface area contributed by atoms with Gasteiger partial charge in [0.2, 0.25) is 0 Å². The number of carbonyl (C=O) groups excluding carboxylic acids is 1. The lowest BCUT2D eigenvalue weighted by Gasteiger charge is -2.14. The first-order valence-corrected chi connectivity index (χ1v) is 8.93. The van der Waals surface area contributed by atoms with Gasteiger partial charge in [-0.3, -0.25) is 0 Å². The van der Waals surface area contributed by atoms with Crippen molar-refractivity contribution in [2.45, 2.75) is 78.1 Å². The molecule has 22 heavy (non-hydrogen) atoms. The standard InChI is InChI=1S/C20H32O2/c1-4-6-8-10-13-17-14-12-16-19(20(21)22-3)18(17)15-11-9-7-5-2/h12,14,16H,4-11,13,15H2,1-3H3. The molecule has 0 saturated carbocycles. The van der Waals surface area contributed by atoms with E-state index in [4.69, 9.17) is 4.74 Å². The van der Waals surface area contributed by atoms with E-state index in [1.807, 2.05) is 12.1 Å². The van der Waals surface area contributed by atoms with E-state index >= 15 is 0 Å². The number of benzene rings is 1. The molecule has 0 saturated heterocycles. The minimum atomic E-state index is -0.194. The predicted octanol–water partition coefficient (Wildman–Crippen LogP) is 5.72. The largest absolute Gasteiger partial charge is 0.465 e. The van der Waals surface area contributed by atoms with E-state index in [1.165, 1.54) is 63.2 Å². The lowest BCUT2D eigenvalue weighted by molar-refractivity contribution is 0.0599. The summed E-state index contributed by atoms with van der Waals surface area (Å²) in [7, 11) is 1.47. The third kappa shape index (κ3) is 6.21. The molecule has 0 N–H and O–H groups in total. The number of rotatable bonds is 11. The number of aryl methyl sites for hydroxylation is 1. The summed E-state index contributed by atoms with van der Waals surface area (Å²) in [6.07, 6.45) is 12.0. The molecule has 1 aromatic carbocycles. The highest BCUT2D eigenvalue weighted by atomic mass is 16.5. The van der Waals surface area contributed by atoms with Crippen LogP contribution in [0.2, 0.25) is 0 Å². The zero-order valence-corrected chi connectivity index (χ0v) is 14.6. The molecule has 0 spiro atoms. The number of hydrogen-bond donors (Lipinski definition) is 0. The Balaban J connectivity index is 2.80. The van der Waals surface area contributed by atoms with Gasteiger partial charge in [-0.25, -0.2) is 4.79 Å². The van der Waals surface area contributed by atoms with Crippen LogP contribution in [0.15, 0.2) is 18.2 Å². The van der Waals surface area contributed by atoms with Crippen LogP contribution < -0.4 is 0 Å². The van der Waals surface area contributed by atoms with Crippen molar-refractivity contribution in [1.82, 2.24) is 0 Å². The zero-order chi connectivity index (χ0) is 16.2. The van der Waals surface area contributed by atoms with E-state index < -0.39 is 0 Å². The van der Waals surface area contributed by atoms with Gasteiger partial charge in [0.25, 0.3) is 0 Å². The first kappa shape index (κ1) is 18.7. The quantitative estimate of drug-likeness (QED) is 0.386. The highest BCUT2D eigenvalue weighted by molar-refractivity contribution is 5.91. The first-order chi connectivity index (χ1) is 10.7. The van der Waals surface area contributed by atoms with Crippen molar-refractivity contribution in [3.63, 3.8) is 0 Å². The number of unbranched alkanes of at least 4 members (excludes halogenated alkanes) is 6. The van der Waals surface area contributed by atoms with Gasteiger partial charge in [-0.1, -0.05) is 64.5 Å². The van der Waals surface area contributed by atoms with Crippen LogP contribution in [-0.4, -0.2) is 13.1 Å². The molecule has 0 aliphatic rings. The molecule has 1 rings (SSSR count). The van der Waals surface area contributed by atoms with Gasteiger partial charge in [0.15, 0.2) is 0 Å². The Hall–Kier alpha value is -1.31. The number of methoxy groups -OCH3 is 1. The Morgan fingerprint density at radius 3 is 2.14 bits per heavy atom. The predicted molar refractivity (Wildman–Crippen MR) is 93.5 cm³/mol. The van der Waals surface area contributed by atoms with Crippen molar-refractivity contribution >= 4 is 5.97 Å². The SMILES string of the molecule is CCCCCCc1cccc(C(=O)OC)c1CCCCCC. The second-order valence-corrected chi connectivity index (χ2v) is 6.06. The Morgan fingerprint density at radius 1 is 0.909 bits per heavy atom. The van der Waals surface area contributed by atoms with Crippen LogP contribution in [-0.2, 0) is 17.6 Å². The number of hydrogen-bond acceptors (Lipinski definition) is 2. The molecule has 0 heterocycles. The third-order valence-electron chi connectivity index (χ3n) is 4.26. The molecule has 0 radical (unpaired) electrons. The summed E-state index contributed by atoms with van der Waals surface area (Å²) in [5, 5.41) is 0. The van der Waals surface area contributed by atoms with Gasteiger partial charge in [-0.15, -0.1) is 0 Å². The number of carbonyl (C=O) groups is 1. The monoisotopic (exact) mass is 304 g/mol. The van der Waals surface area contributed by atoms with E-state index in [-0.39, 0.29) is 5.97 Å². The average Bonchev–Trinajstić information content (AvgIpc) is 2.55. The minimum Gasteiger partial charge on any atom is -0.465 e. The van der Waals surface area contributed by atoms with Crippen molar-refractivity contribution in [3.8, 4) is 0 Å². The number of esters is 1. The van der Waals surface area contributed by atoms with Crippen LogP contribution >= 0.6 is 0 Å². The first-order valence-electron chi connectivity index (χ1n) is 8.93. The molecule has 0 aromatic heterocycles. The lowest BCUT2D eigenvalue weighted by atomic mass is 9.92. The highest BCUT2D eigenvalue weighted by Crippen LogP contribution is 2.21. The molecule has 0 bridgehead atoms. The molecule has 0 fully saturated rings. The molecule has 0 unspecified atom stereocenters. The van der Waals surface area contributed by atoms with Crippen LogP contribution in [0.4, 0.5) is 0 Å². The molecule has 0 aliphatic carbocycles. The fraction of sp³-hybridized carbons (Fsp3) is 0.650. The minimum absolute atomic E-state index is 0.194. The smallest absolute Gasteiger partial charge is 0.338 e. The lowest BCUT2D eigenvalue weighted by Crippen LogP contribution is -2.09. The summed E-state index contributed by atoms with van der Waals surface area (Å²) < 4.78 is 4.96. The highest BCUT2D eigenvalue weighted by Gasteiger charge is 2.14. The van der Waals surface area contributed by atoms with Crippen molar-refractivity contribution in [2.75, 3.05) is 7.11 Å². The second kappa shape index (κ2) is 11.3. The van der Waals surface area contributed by atoms with Gasteiger partial charge in [0.05, 0.1) is 12.7 Å². The summed E-state index contributed by atoms with van der Waals surface area (Å²) in [5.74, 6) is -0.194. The van der Waals surface area contributed by atoms with E-state index in [0.717, 1.165) is 24.8 Å². The maximum atomic E-state index is 12.0. The van der Waals surface area contributed by atoms with Crippen LogP contribution in [0.25, 0.3) is 0 Å². The third-order valence-corrected chi connectivity index (χ3v) is 4.26. The molecule has 0 amide bonds. The molecular formula is C20H32O2. The van der Waals surface area contributed by atoms with Crippen molar-refractivity contribution in [3.05, 3.63) is 34.9 Å². The van der Waals surface area contributed by atoms with Gasteiger partial charge in [-0.05, 0) is 42.9 Å². The molecule has 0 aliphatic heterocycles. The Morgan fingerprint density at radius 2 is 1.55 bits per heavy atom. The van der Waals surface area contributed by atoms with Crippen molar-refractivity contribution < 1.29 is 9.53 Å². The molecule has 2 heteroatoms. The molecule has 124 valence electrons. The summed E-state index contributed by atoms with van der Waals surface area (Å²) in [5.41, 5.74) is 3.34. The number of ether oxygens (including phenoxy) is 1. The fourth-order valence-electron chi connectivity index (χ4n) is 2.94. The Bertz CT molecular complexity index is 437. The summed E-state index contributed by atoms with van der Waals surface area (Å²) in [6.45, 7) is 4.46. The van der Waals surface area contributed by atoms with Gasteiger partial charge >= 0.3 is 5.97 Å². The topological polar surface area (TPSA) is 26.3 Å². The molecule has 2 nitrogen and oxygen atoms in total. The van der Waals surface area contributed by atoms with Gasteiger partial charge in [0, 0.05) is 0 Å². The van der Waals surface area contributed by atoms with Crippen LogP contribution in [0.3, 0.4) is 0 Å². The van der Waals surface area contributed by atoms with Gasteiger partial charge in [0.1, 0.15) is 0 Å². The van der Waals surface area contributed by atoms with E-state index in [0.29, 0.717) is 0 Å². The maximum absolute atomic E-state index is 12.0. The van der Waals surface area contributed by atoms with Crippen molar-refractivity contribution in [1.29, 1.82) is 0 Å². The van der Waals surface area contributed by atoms with Crippen LogP contribution in [0.1, 0.15) is 86.7 Å². The summed E-state index contributed by atoms with van der Waals surface area (Å²) >= 11 is 0. The van der Waals surface area contributed by atoms with Gasteiger partial charge < -0.3 is 4.74 Å². The Kier molecular flexibility index (Phi) is 9.61. The van der Waals surface area contributed by atoms with Crippen molar-refractivity contribution in [2.24, 2.45) is 0 Å².